The minimum atomic E-state index is 0.0922. The zero-order valence-corrected chi connectivity index (χ0v) is 16.9. The highest BCUT2D eigenvalue weighted by Crippen LogP contribution is 2.32. The van der Waals surface area contributed by atoms with Crippen LogP contribution in [0, 0.1) is 13.8 Å². The van der Waals surface area contributed by atoms with Crippen LogP contribution in [0.15, 0.2) is 72.1 Å². The summed E-state index contributed by atoms with van der Waals surface area (Å²) >= 11 is 0. The Labute approximate surface area is 167 Å². The first-order chi connectivity index (χ1) is 13.5. The average Bonchev–Trinajstić information content (AvgIpc) is 2.72. The molecule has 4 heteroatoms. The molecule has 1 atom stereocenters. The fraction of sp³-hybridized carbons (Fsp3) is 0.250. The minimum Gasteiger partial charge on any atom is -0.411 e. The Bertz CT molecular complexity index is 947. The maximum Gasteiger partial charge on any atom is 0.0878 e. The number of pyridine rings is 1. The van der Waals surface area contributed by atoms with E-state index >= 15 is 0 Å². The molecule has 0 amide bonds. The zero-order chi connectivity index (χ0) is 20.1. The summed E-state index contributed by atoms with van der Waals surface area (Å²) in [6.45, 7) is 4.26. The number of hydrogen-bond donors (Lipinski definition) is 1. The van der Waals surface area contributed by atoms with Gasteiger partial charge in [0, 0.05) is 50.1 Å². The van der Waals surface area contributed by atoms with Crippen molar-refractivity contribution in [3.8, 4) is 0 Å². The van der Waals surface area contributed by atoms with Crippen LogP contribution in [0.25, 0.3) is 0 Å². The first kappa shape index (κ1) is 19.6. The van der Waals surface area contributed by atoms with E-state index in [9.17, 15) is 5.21 Å². The van der Waals surface area contributed by atoms with Crippen molar-refractivity contribution in [2.45, 2.75) is 26.2 Å². The lowest BCUT2D eigenvalue weighted by Gasteiger charge is -2.21. The Morgan fingerprint density at radius 3 is 2.14 bits per heavy atom. The van der Waals surface area contributed by atoms with Gasteiger partial charge >= 0.3 is 0 Å². The summed E-state index contributed by atoms with van der Waals surface area (Å²) in [6.07, 6.45) is 4.04. The van der Waals surface area contributed by atoms with Gasteiger partial charge in [-0.2, -0.15) is 0 Å². The van der Waals surface area contributed by atoms with Crippen molar-refractivity contribution in [1.29, 1.82) is 0 Å². The van der Waals surface area contributed by atoms with Crippen molar-refractivity contribution in [3.63, 3.8) is 0 Å². The molecule has 144 valence electrons. The number of aryl methyl sites for hydroxylation is 2. The largest absolute Gasteiger partial charge is 0.411 e. The second kappa shape index (κ2) is 8.70. The summed E-state index contributed by atoms with van der Waals surface area (Å²) in [7, 11) is 4.07. The molecule has 1 unspecified atom stereocenters. The van der Waals surface area contributed by atoms with Gasteiger partial charge in [0.25, 0.3) is 0 Å². The van der Waals surface area contributed by atoms with Gasteiger partial charge in [-0.1, -0.05) is 35.5 Å². The molecule has 3 rings (SSSR count). The smallest absolute Gasteiger partial charge is 0.0878 e. The van der Waals surface area contributed by atoms with Crippen molar-refractivity contribution in [1.82, 2.24) is 4.98 Å². The van der Waals surface area contributed by atoms with E-state index in [1.165, 1.54) is 22.3 Å². The maximum atomic E-state index is 9.70. The van der Waals surface area contributed by atoms with Crippen molar-refractivity contribution in [2.75, 3.05) is 19.0 Å². The van der Waals surface area contributed by atoms with Crippen molar-refractivity contribution in [2.24, 2.45) is 5.16 Å². The van der Waals surface area contributed by atoms with Gasteiger partial charge < -0.3 is 10.1 Å². The summed E-state index contributed by atoms with van der Waals surface area (Å²) in [5.41, 5.74) is 7.65. The second-order valence-electron chi connectivity index (χ2n) is 7.37. The molecule has 4 nitrogen and oxygen atoms in total. The van der Waals surface area contributed by atoms with E-state index in [2.05, 4.69) is 71.4 Å². The van der Waals surface area contributed by atoms with Crippen molar-refractivity contribution >= 4 is 11.4 Å². The lowest BCUT2D eigenvalue weighted by Crippen LogP contribution is -2.12. The van der Waals surface area contributed by atoms with E-state index in [0.29, 0.717) is 12.1 Å². The molecular formula is C24H27N3O. The van der Waals surface area contributed by atoms with Crippen LogP contribution in [0.4, 0.5) is 5.69 Å². The summed E-state index contributed by atoms with van der Waals surface area (Å²) in [5.74, 6) is 0.0922. The third-order valence-electron chi connectivity index (χ3n) is 5.28. The average molecular weight is 374 g/mol. The van der Waals surface area contributed by atoms with Gasteiger partial charge in [-0.05, 0) is 60.4 Å². The van der Waals surface area contributed by atoms with Crippen LogP contribution < -0.4 is 4.90 Å². The maximum absolute atomic E-state index is 9.70. The monoisotopic (exact) mass is 373 g/mol. The molecule has 3 aromatic rings. The molecule has 0 aliphatic rings. The lowest BCUT2D eigenvalue weighted by molar-refractivity contribution is 0.317. The normalized spacial score (nSPS) is 12.6. The fourth-order valence-corrected chi connectivity index (χ4v) is 3.37. The number of benzene rings is 2. The Morgan fingerprint density at radius 1 is 0.929 bits per heavy atom. The van der Waals surface area contributed by atoms with E-state index in [1.54, 1.807) is 12.4 Å². The highest BCUT2D eigenvalue weighted by atomic mass is 16.4. The predicted molar refractivity (Wildman–Crippen MR) is 116 cm³/mol. The van der Waals surface area contributed by atoms with Gasteiger partial charge in [-0.3, -0.25) is 4.98 Å². The van der Waals surface area contributed by atoms with Crippen LogP contribution in [0.5, 0.6) is 0 Å². The molecule has 2 aromatic carbocycles. The van der Waals surface area contributed by atoms with Gasteiger partial charge in [-0.15, -0.1) is 0 Å². The third-order valence-corrected chi connectivity index (χ3v) is 5.28. The molecule has 0 spiro atoms. The molecule has 0 aliphatic heterocycles. The number of hydrogen-bond acceptors (Lipinski definition) is 4. The molecule has 1 N–H and O–H groups in total. The van der Waals surface area contributed by atoms with Gasteiger partial charge in [0.2, 0.25) is 0 Å². The van der Waals surface area contributed by atoms with Crippen molar-refractivity contribution in [3.05, 3.63) is 94.8 Å². The Morgan fingerprint density at radius 2 is 1.57 bits per heavy atom. The number of aromatic nitrogens is 1. The number of anilines is 1. The Kier molecular flexibility index (Phi) is 6.09. The van der Waals surface area contributed by atoms with E-state index < -0.39 is 0 Å². The van der Waals surface area contributed by atoms with E-state index in [-0.39, 0.29) is 5.92 Å². The van der Waals surface area contributed by atoms with Gasteiger partial charge in [0.1, 0.15) is 0 Å². The van der Waals surface area contributed by atoms with Crippen LogP contribution in [0.3, 0.4) is 0 Å². The van der Waals surface area contributed by atoms with E-state index in [1.807, 2.05) is 26.2 Å². The van der Waals surface area contributed by atoms with Gasteiger partial charge in [0.05, 0.1) is 5.71 Å². The molecule has 0 fully saturated rings. The second-order valence-corrected chi connectivity index (χ2v) is 7.37. The summed E-state index contributed by atoms with van der Waals surface area (Å²) in [6, 6.07) is 18.9. The van der Waals surface area contributed by atoms with Gasteiger partial charge in [0.15, 0.2) is 0 Å². The molecule has 0 saturated heterocycles. The molecule has 1 heterocycles. The quantitative estimate of drug-likeness (QED) is 0.369. The molecule has 0 bridgehead atoms. The summed E-state index contributed by atoms with van der Waals surface area (Å²) in [4.78, 5) is 6.15. The third kappa shape index (κ3) is 4.39. The molecular weight excluding hydrogens is 346 g/mol. The van der Waals surface area contributed by atoms with E-state index in [0.717, 1.165) is 11.3 Å². The van der Waals surface area contributed by atoms with Crippen LogP contribution >= 0.6 is 0 Å². The van der Waals surface area contributed by atoms with Crippen molar-refractivity contribution < 1.29 is 5.21 Å². The van der Waals surface area contributed by atoms with Crippen LogP contribution in [0.2, 0.25) is 0 Å². The number of rotatable bonds is 6. The van der Waals surface area contributed by atoms with Crippen LogP contribution in [-0.4, -0.2) is 30.0 Å². The lowest BCUT2D eigenvalue weighted by atomic mass is 9.84. The summed E-state index contributed by atoms with van der Waals surface area (Å²) in [5, 5.41) is 13.3. The molecule has 0 saturated carbocycles. The standard InChI is InChI=1S/C24H27N3O/c1-17-5-6-21(15-18(17)2)23(19-7-9-22(10-8-19)27(3)4)16-24(26-28)20-11-13-25-14-12-20/h5-15,23,28H,16H2,1-4H3/b26-24+. The summed E-state index contributed by atoms with van der Waals surface area (Å²) < 4.78 is 0. The SMILES string of the molecule is Cc1ccc(C(C/C(=N\O)c2ccncc2)c2ccc(N(C)C)cc2)cc1C. The Balaban J connectivity index is 2.02. The van der Waals surface area contributed by atoms with Gasteiger partial charge in [-0.25, -0.2) is 0 Å². The fourth-order valence-electron chi connectivity index (χ4n) is 3.37. The topological polar surface area (TPSA) is 48.7 Å². The minimum absolute atomic E-state index is 0.0922. The highest BCUT2D eigenvalue weighted by molar-refractivity contribution is 6.00. The highest BCUT2D eigenvalue weighted by Gasteiger charge is 2.19. The molecule has 28 heavy (non-hydrogen) atoms. The first-order valence-electron chi connectivity index (χ1n) is 9.45. The van der Waals surface area contributed by atoms with E-state index in [4.69, 9.17) is 0 Å². The van der Waals surface area contributed by atoms with Crippen LogP contribution in [-0.2, 0) is 0 Å². The zero-order valence-electron chi connectivity index (χ0n) is 16.9. The number of oxime groups is 1. The first-order valence-corrected chi connectivity index (χ1v) is 9.45. The Hall–Kier alpha value is -3.14. The molecule has 0 radical (unpaired) electrons. The predicted octanol–water partition coefficient (Wildman–Crippen LogP) is 5.16. The molecule has 0 aliphatic carbocycles. The molecule has 1 aromatic heterocycles. The van der Waals surface area contributed by atoms with Crippen LogP contribution in [0.1, 0.15) is 40.2 Å². The number of nitrogens with zero attached hydrogens (tertiary/aromatic N) is 3.